The average Bonchev–Trinajstić information content (AvgIpc) is 3.36. The van der Waals surface area contributed by atoms with Gasteiger partial charge in [-0.15, -0.1) is 0 Å². The van der Waals surface area contributed by atoms with Crippen molar-refractivity contribution in [2.75, 3.05) is 37.6 Å². The number of unbranched alkanes of at least 4 members (excludes halogenated alkanes) is 1. The van der Waals surface area contributed by atoms with E-state index in [-0.39, 0.29) is 12.1 Å². The third-order valence-electron chi connectivity index (χ3n) is 7.25. The van der Waals surface area contributed by atoms with E-state index in [1.165, 1.54) is 16.3 Å². The molecule has 0 atom stereocenters. The zero-order valence-corrected chi connectivity index (χ0v) is 21.0. The van der Waals surface area contributed by atoms with Crippen LogP contribution >= 0.6 is 0 Å². The molecule has 8 heteroatoms. The minimum absolute atomic E-state index is 0.0759. The zero-order valence-electron chi connectivity index (χ0n) is 21.0. The summed E-state index contributed by atoms with van der Waals surface area (Å²) in [4.78, 5) is 4.57. The predicted molar refractivity (Wildman–Crippen MR) is 141 cm³/mol. The number of aromatic nitrogens is 1. The van der Waals surface area contributed by atoms with Crippen LogP contribution in [0.2, 0.25) is 0 Å². The number of para-hydroxylation sites is 2. The van der Waals surface area contributed by atoms with Crippen molar-refractivity contribution in [3.05, 3.63) is 96.2 Å². The Hall–Kier alpha value is -3.39. The van der Waals surface area contributed by atoms with E-state index < -0.39 is 29.6 Å². The van der Waals surface area contributed by atoms with Crippen LogP contribution in [0.15, 0.2) is 85.1 Å². The summed E-state index contributed by atoms with van der Waals surface area (Å²) in [5, 5.41) is 0.822. The number of piperazine rings is 1. The Balaban J connectivity index is 1.23. The third kappa shape index (κ3) is 5.85. The highest BCUT2D eigenvalue weighted by molar-refractivity contribution is 5.82. The van der Waals surface area contributed by atoms with Crippen molar-refractivity contribution in [3.8, 4) is 5.69 Å². The highest BCUT2D eigenvalue weighted by Crippen LogP contribution is 2.39. The van der Waals surface area contributed by atoms with Gasteiger partial charge in [0.15, 0.2) is 0 Å². The van der Waals surface area contributed by atoms with E-state index in [1.54, 1.807) is 24.4 Å². The number of alkyl halides is 5. The largest absolute Gasteiger partial charge is 0.416 e. The van der Waals surface area contributed by atoms with Gasteiger partial charge in [-0.1, -0.05) is 36.4 Å². The van der Waals surface area contributed by atoms with Gasteiger partial charge < -0.3 is 9.47 Å². The summed E-state index contributed by atoms with van der Waals surface area (Å²) in [5.41, 5.74) is 0.246. The Bertz CT molecular complexity index is 1360. The number of hydrogen-bond donors (Lipinski definition) is 0. The number of benzene rings is 3. The topological polar surface area (TPSA) is 11.4 Å². The molecule has 1 saturated heterocycles. The average molecular weight is 528 g/mol. The maximum atomic E-state index is 15.3. The fraction of sp³-hybridized carbons (Fsp3) is 0.333. The van der Waals surface area contributed by atoms with Crippen LogP contribution in [-0.4, -0.2) is 42.2 Å². The van der Waals surface area contributed by atoms with Crippen LogP contribution in [0.1, 0.15) is 30.4 Å². The summed E-state index contributed by atoms with van der Waals surface area (Å²) in [6.07, 6.45) is -2.83. The van der Waals surface area contributed by atoms with Gasteiger partial charge in [0, 0.05) is 55.7 Å². The summed E-state index contributed by atoms with van der Waals surface area (Å²) >= 11 is 0. The number of nitrogens with zero attached hydrogens (tertiary/aromatic N) is 3. The Kier molecular flexibility index (Phi) is 7.43. The molecule has 1 aliphatic rings. The van der Waals surface area contributed by atoms with Crippen LogP contribution in [0.25, 0.3) is 16.6 Å². The molecule has 0 spiro atoms. The van der Waals surface area contributed by atoms with E-state index in [2.05, 4.69) is 21.9 Å². The lowest BCUT2D eigenvalue weighted by molar-refractivity contribution is -0.137. The third-order valence-corrected chi connectivity index (χ3v) is 7.25. The van der Waals surface area contributed by atoms with Crippen LogP contribution in [0, 0.1) is 0 Å². The maximum absolute atomic E-state index is 15.3. The van der Waals surface area contributed by atoms with Crippen LogP contribution < -0.4 is 4.90 Å². The molecule has 1 fully saturated rings. The lowest BCUT2D eigenvalue weighted by atomic mass is 9.99. The molecule has 200 valence electrons. The number of anilines is 1. The summed E-state index contributed by atoms with van der Waals surface area (Å²) in [7, 11) is 0. The second-order valence-corrected chi connectivity index (χ2v) is 9.84. The molecule has 1 aromatic heterocycles. The lowest BCUT2D eigenvalue weighted by Gasteiger charge is -2.36. The molecule has 3 nitrogen and oxygen atoms in total. The van der Waals surface area contributed by atoms with Crippen molar-refractivity contribution < 1.29 is 22.0 Å². The van der Waals surface area contributed by atoms with Crippen LogP contribution in [0.4, 0.5) is 27.6 Å². The Labute approximate surface area is 219 Å². The molecule has 0 bridgehead atoms. The van der Waals surface area contributed by atoms with E-state index in [4.69, 9.17) is 0 Å². The van der Waals surface area contributed by atoms with Crippen molar-refractivity contribution in [1.82, 2.24) is 9.47 Å². The van der Waals surface area contributed by atoms with E-state index >= 15 is 8.78 Å². The fourth-order valence-electron chi connectivity index (χ4n) is 5.13. The van der Waals surface area contributed by atoms with Gasteiger partial charge in [-0.25, -0.2) is 8.78 Å². The highest BCUT2D eigenvalue weighted by Gasteiger charge is 2.37. The van der Waals surface area contributed by atoms with Gasteiger partial charge in [0.1, 0.15) is 0 Å². The first-order chi connectivity index (χ1) is 18.2. The Morgan fingerprint density at radius 1 is 0.658 bits per heavy atom. The first-order valence-electron chi connectivity index (χ1n) is 12.9. The second-order valence-electron chi connectivity index (χ2n) is 9.84. The van der Waals surface area contributed by atoms with Crippen LogP contribution in [0.3, 0.4) is 0 Å². The molecule has 0 N–H and O–H groups in total. The van der Waals surface area contributed by atoms with Gasteiger partial charge in [0.05, 0.1) is 11.1 Å². The predicted octanol–water partition coefficient (Wildman–Crippen LogP) is 7.73. The SMILES string of the molecule is FC(F)(F)c1cc(-n2ccc3ccccc32)cc(C(F)(F)CCCCN2CCN(c3ccccc3)CC2)c1. The molecular formula is C30H30F5N3. The number of rotatable bonds is 8. The zero-order chi connectivity index (χ0) is 26.8. The molecule has 38 heavy (non-hydrogen) atoms. The number of hydrogen-bond acceptors (Lipinski definition) is 2. The van der Waals surface area contributed by atoms with Crippen molar-refractivity contribution in [3.63, 3.8) is 0 Å². The molecule has 0 aliphatic carbocycles. The smallest absolute Gasteiger partial charge is 0.369 e. The van der Waals surface area contributed by atoms with Crippen molar-refractivity contribution in [1.29, 1.82) is 0 Å². The number of halogens is 5. The maximum Gasteiger partial charge on any atom is 0.416 e. The summed E-state index contributed by atoms with van der Waals surface area (Å²) in [5.74, 6) is -3.37. The van der Waals surface area contributed by atoms with Gasteiger partial charge in [-0.3, -0.25) is 4.90 Å². The number of fused-ring (bicyclic) bond motifs is 1. The molecule has 2 heterocycles. The first-order valence-corrected chi connectivity index (χ1v) is 12.9. The van der Waals surface area contributed by atoms with Crippen molar-refractivity contribution >= 4 is 16.6 Å². The van der Waals surface area contributed by atoms with Gasteiger partial charge >= 0.3 is 6.18 Å². The molecule has 1 aliphatic heterocycles. The molecule has 4 aromatic rings. The Morgan fingerprint density at radius 3 is 2.08 bits per heavy atom. The monoisotopic (exact) mass is 527 g/mol. The van der Waals surface area contributed by atoms with E-state index in [9.17, 15) is 13.2 Å². The standard InChI is InChI=1S/C30H30F5N3/c31-29(32,13-6-7-14-36-16-18-37(19-17-36)26-9-2-1-3-10-26)24-20-25(30(33,34)35)22-27(21-24)38-15-12-23-8-4-5-11-28(23)38/h1-5,8-12,15,20-22H,6-7,13-14,16-19H2. The molecule has 5 rings (SSSR count). The molecular weight excluding hydrogens is 497 g/mol. The Morgan fingerprint density at radius 2 is 1.34 bits per heavy atom. The lowest BCUT2D eigenvalue weighted by Crippen LogP contribution is -2.46. The van der Waals surface area contributed by atoms with Gasteiger partial charge in [0.2, 0.25) is 0 Å². The minimum atomic E-state index is -4.73. The molecule has 0 unspecified atom stereocenters. The van der Waals surface area contributed by atoms with Crippen LogP contribution in [-0.2, 0) is 12.1 Å². The molecule has 3 aromatic carbocycles. The van der Waals surface area contributed by atoms with Gasteiger partial charge in [-0.2, -0.15) is 13.2 Å². The van der Waals surface area contributed by atoms with E-state index in [0.29, 0.717) is 24.5 Å². The minimum Gasteiger partial charge on any atom is -0.369 e. The highest BCUT2D eigenvalue weighted by atomic mass is 19.4. The van der Waals surface area contributed by atoms with E-state index in [1.807, 2.05) is 30.3 Å². The molecule has 0 radical (unpaired) electrons. The summed E-state index contributed by atoms with van der Waals surface area (Å²) < 4.78 is 73.1. The molecule has 0 amide bonds. The van der Waals surface area contributed by atoms with Crippen molar-refractivity contribution in [2.24, 2.45) is 0 Å². The van der Waals surface area contributed by atoms with Crippen molar-refractivity contribution in [2.45, 2.75) is 31.4 Å². The normalized spacial score (nSPS) is 15.3. The summed E-state index contributed by atoms with van der Waals surface area (Å²) in [6.45, 7) is 4.16. The van der Waals surface area contributed by atoms with Gasteiger partial charge in [-0.05, 0) is 67.2 Å². The van der Waals surface area contributed by atoms with Gasteiger partial charge in [0.25, 0.3) is 5.92 Å². The van der Waals surface area contributed by atoms with E-state index in [0.717, 1.165) is 37.6 Å². The summed E-state index contributed by atoms with van der Waals surface area (Å²) in [6, 6.07) is 21.8. The fourth-order valence-corrected chi connectivity index (χ4v) is 5.13. The first kappa shape index (κ1) is 26.2. The molecule has 0 saturated carbocycles. The quantitative estimate of drug-likeness (QED) is 0.172. The van der Waals surface area contributed by atoms with Crippen LogP contribution in [0.5, 0.6) is 0 Å². The second kappa shape index (κ2) is 10.8.